The fourth-order valence-electron chi connectivity index (χ4n) is 1.24. The summed E-state index contributed by atoms with van der Waals surface area (Å²) >= 11 is 0. The van der Waals surface area contributed by atoms with Crippen molar-refractivity contribution in [1.82, 2.24) is 0 Å². The zero-order valence-corrected chi connectivity index (χ0v) is 8.78. The van der Waals surface area contributed by atoms with Crippen molar-refractivity contribution in [2.75, 3.05) is 17.7 Å². The number of para-hydroxylation sites is 1. The van der Waals surface area contributed by atoms with Crippen molar-refractivity contribution in [3.8, 4) is 6.07 Å². The summed E-state index contributed by atoms with van der Waals surface area (Å²) in [6, 6.07) is 7.95. The van der Waals surface area contributed by atoms with E-state index in [0.29, 0.717) is 17.3 Å². The van der Waals surface area contributed by atoms with E-state index in [1.807, 2.05) is 19.2 Å². The molecule has 14 heavy (non-hydrogen) atoms. The summed E-state index contributed by atoms with van der Waals surface area (Å²) in [6.07, 6.45) is 0. The summed E-state index contributed by atoms with van der Waals surface area (Å²) in [4.78, 5) is 2.05. The molecule has 1 aromatic rings. The standard InChI is InChI=1S/C11H15N3/c1-8(2)14(3)10-6-4-5-9(7-12)11(10)13/h4-6,8H,13H2,1-3H3. The number of nitrogen functional groups attached to an aromatic ring is 1. The van der Waals surface area contributed by atoms with Crippen LogP contribution in [-0.4, -0.2) is 13.1 Å². The molecule has 0 unspecified atom stereocenters. The minimum absolute atomic E-state index is 0.367. The molecule has 0 fully saturated rings. The highest BCUT2D eigenvalue weighted by atomic mass is 15.1. The largest absolute Gasteiger partial charge is 0.396 e. The number of nitrogens with two attached hydrogens (primary N) is 1. The van der Waals surface area contributed by atoms with Crippen LogP contribution in [0.25, 0.3) is 0 Å². The topological polar surface area (TPSA) is 53.0 Å². The Morgan fingerprint density at radius 2 is 2.07 bits per heavy atom. The average Bonchev–Trinajstić information content (AvgIpc) is 2.17. The van der Waals surface area contributed by atoms with Gasteiger partial charge in [0.1, 0.15) is 6.07 Å². The highest BCUT2D eigenvalue weighted by Gasteiger charge is 2.10. The maximum absolute atomic E-state index is 8.81. The Morgan fingerprint density at radius 1 is 1.43 bits per heavy atom. The monoisotopic (exact) mass is 189 g/mol. The second-order valence-corrected chi connectivity index (χ2v) is 3.55. The van der Waals surface area contributed by atoms with Crippen molar-refractivity contribution >= 4 is 11.4 Å². The predicted molar refractivity (Wildman–Crippen MR) is 59.1 cm³/mol. The maximum atomic E-state index is 8.81. The van der Waals surface area contributed by atoms with Gasteiger partial charge in [0.2, 0.25) is 0 Å². The Morgan fingerprint density at radius 3 is 2.57 bits per heavy atom. The van der Waals surface area contributed by atoms with Crippen molar-refractivity contribution in [1.29, 1.82) is 5.26 Å². The molecule has 0 bridgehead atoms. The Bertz CT molecular complexity index is 363. The van der Waals surface area contributed by atoms with Gasteiger partial charge in [-0.3, -0.25) is 0 Å². The molecule has 3 heteroatoms. The molecule has 0 saturated carbocycles. The second kappa shape index (κ2) is 4.01. The van der Waals surface area contributed by atoms with Crippen molar-refractivity contribution in [2.24, 2.45) is 0 Å². The van der Waals surface area contributed by atoms with E-state index in [-0.39, 0.29) is 0 Å². The van der Waals surface area contributed by atoms with Gasteiger partial charge in [-0.2, -0.15) is 5.26 Å². The third-order valence-electron chi connectivity index (χ3n) is 2.36. The maximum Gasteiger partial charge on any atom is 0.101 e. The van der Waals surface area contributed by atoms with Crippen LogP contribution in [0.5, 0.6) is 0 Å². The Balaban J connectivity index is 3.17. The van der Waals surface area contributed by atoms with E-state index >= 15 is 0 Å². The molecule has 0 atom stereocenters. The molecule has 0 heterocycles. The van der Waals surface area contributed by atoms with Gasteiger partial charge in [-0.25, -0.2) is 0 Å². The molecule has 1 aromatic carbocycles. The fourth-order valence-corrected chi connectivity index (χ4v) is 1.24. The molecule has 0 aliphatic carbocycles. The van der Waals surface area contributed by atoms with Crippen LogP contribution < -0.4 is 10.6 Å². The van der Waals surface area contributed by atoms with Crippen LogP contribution in [0.15, 0.2) is 18.2 Å². The van der Waals surface area contributed by atoms with E-state index in [0.717, 1.165) is 5.69 Å². The summed E-state index contributed by atoms with van der Waals surface area (Å²) in [5.41, 5.74) is 7.88. The normalized spacial score (nSPS) is 9.93. The summed E-state index contributed by atoms with van der Waals surface area (Å²) in [5.74, 6) is 0. The van der Waals surface area contributed by atoms with Crippen LogP contribution in [-0.2, 0) is 0 Å². The van der Waals surface area contributed by atoms with Gasteiger partial charge in [0.05, 0.1) is 16.9 Å². The number of benzene rings is 1. The van der Waals surface area contributed by atoms with E-state index in [1.165, 1.54) is 0 Å². The van der Waals surface area contributed by atoms with Crippen LogP contribution in [0.1, 0.15) is 19.4 Å². The highest BCUT2D eigenvalue weighted by molar-refractivity contribution is 5.73. The minimum atomic E-state index is 0.367. The molecule has 3 nitrogen and oxygen atoms in total. The molecule has 0 spiro atoms. The Hall–Kier alpha value is -1.69. The third kappa shape index (κ3) is 1.80. The van der Waals surface area contributed by atoms with Gasteiger partial charge in [0.15, 0.2) is 0 Å². The molecule has 74 valence electrons. The first-order valence-corrected chi connectivity index (χ1v) is 4.59. The number of hydrogen-bond donors (Lipinski definition) is 1. The highest BCUT2D eigenvalue weighted by Crippen LogP contribution is 2.26. The quantitative estimate of drug-likeness (QED) is 0.724. The van der Waals surface area contributed by atoms with Gasteiger partial charge in [-0.05, 0) is 26.0 Å². The number of hydrogen-bond acceptors (Lipinski definition) is 3. The summed E-state index contributed by atoms with van der Waals surface area (Å²) in [7, 11) is 1.97. The molecule has 2 N–H and O–H groups in total. The first-order valence-electron chi connectivity index (χ1n) is 4.59. The summed E-state index contributed by atoms with van der Waals surface area (Å²) in [5, 5.41) is 8.81. The molecule has 0 aliphatic heterocycles. The van der Waals surface area contributed by atoms with Crippen molar-refractivity contribution < 1.29 is 0 Å². The van der Waals surface area contributed by atoms with Crippen LogP contribution in [0.3, 0.4) is 0 Å². The third-order valence-corrected chi connectivity index (χ3v) is 2.36. The lowest BCUT2D eigenvalue weighted by molar-refractivity contribution is 0.755. The van der Waals surface area contributed by atoms with E-state index in [2.05, 4.69) is 24.8 Å². The average molecular weight is 189 g/mol. The zero-order chi connectivity index (χ0) is 10.7. The van der Waals surface area contributed by atoms with Gasteiger partial charge in [-0.15, -0.1) is 0 Å². The number of nitriles is 1. The first kappa shape index (κ1) is 10.4. The van der Waals surface area contributed by atoms with Crippen LogP contribution >= 0.6 is 0 Å². The molecule has 0 aliphatic rings. The molecule has 1 rings (SSSR count). The zero-order valence-electron chi connectivity index (χ0n) is 8.78. The van der Waals surface area contributed by atoms with Gasteiger partial charge < -0.3 is 10.6 Å². The predicted octanol–water partition coefficient (Wildman–Crippen LogP) is 1.99. The van der Waals surface area contributed by atoms with Crippen molar-refractivity contribution in [2.45, 2.75) is 19.9 Å². The minimum Gasteiger partial charge on any atom is -0.396 e. The van der Waals surface area contributed by atoms with Crippen LogP contribution in [0.2, 0.25) is 0 Å². The lowest BCUT2D eigenvalue weighted by Gasteiger charge is -2.25. The number of anilines is 2. The molecule has 0 amide bonds. The van der Waals surface area contributed by atoms with E-state index in [4.69, 9.17) is 11.0 Å². The Kier molecular flexibility index (Phi) is 2.98. The van der Waals surface area contributed by atoms with Crippen LogP contribution in [0.4, 0.5) is 11.4 Å². The molecular weight excluding hydrogens is 174 g/mol. The van der Waals surface area contributed by atoms with Gasteiger partial charge in [0.25, 0.3) is 0 Å². The smallest absolute Gasteiger partial charge is 0.101 e. The SMILES string of the molecule is CC(C)N(C)c1cccc(C#N)c1N. The first-order chi connectivity index (χ1) is 6.57. The number of nitrogens with zero attached hydrogens (tertiary/aromatic N) is 2. The van der Waals surface area contributed by atoms with Crippen LogP contribution in [0, 0.1) is 11.3 Å². The van der Waals surface area contributed by atoms with Crippen molar-refractivity contribution in [3.05, 3.63) is 23.8 Å². The fraction of sp³-hybridized carbons (Fsp3) is 0.364. The number of rotatable bonds is 2. The molecular formula is C11H15N3. The summed E-state index contributed by atoms with van der Waals surface area (Å²) in [6.45, 7) is 4.16. The van der Waals surface area contributed by atoms with Gasteiger partial charge in [-0.1, -0.05) is 6.07 Å². The van der Waals surface area contributed by atoms with Gasteiger partial charge >= 0.3 is 0 Å². The summed E-state index contributed by atoms with van der Waals surface area (Å²) < 4.78 is 0. The van der Waals surface area contributed by atoms with E-state index in [9.17, 15) is 0 Å². The van der Waals surface area contributed by atoms with Crippen molar-refractivity contribution in [3.63, 3.8) is 0 Å². The van der Waals surface area contributed by atoms with Gasteiger partial charge in [0, 0.05) is 13.1 Å². The molecule has 0 radical (unpaired) electrons. The Labute approximate surface area is 84.7 Å². The molecule has 0 saturated heterocycles. The lowest BCUT2D eigenvalue weighted by Crippen LogP contribution is -2.26. The lowest BCUT2D eigenvalue weighted by atomic mass is 10.1. The molecule has 0 aromatic heterocycles. The second-order valence-electron chi connectivity index (χ2n) is 3.55. The van der Waals surface area contributed by atoms with E-state index in [1.54, 1.807) is 6.07 Å². The van der Waals surface area contributed by atoms with E-state index < -0.39 is 0 Å².